The lowest BCUT2D eigenvalue weighted by atomic mass is 9.94. The van der Waals surface area contributed by atoms with E-state index in [1.54, 1.807) is 65.8 Å². The monoisotopic (exact) mass is 362 g/mol. The van der Waals surface area contributed by atoms with Crippen LogP contribution in [0.1, 0.15) is 71.2 Å². The molecule has 0 bridgehead atoms. The highest BCUT2D eigenvalue weighted by molar-refractivity contribution is 5.98. The number of benzene rings is 1. The normalized spacial score (nSPS) is 13.0. The molecule has 0 heterocycles. The summed E-state index contributed by atoms with van der Waals surface area (Å²) in [5.41, 5.74) is -0.701. The van der Waals surface area contributed by atoms with Crippen molar-refractivity contribution in [1.29, 1.82) is 0 Å². The van der Waals surface area contributed by atoms with Crippen molar-refractivity contribution in [2.75, 3.05) is 0 Å². The van der Waals surface area contributed by atoms with Crippen molar-refractivity contribution >= 4 is 17.7 Å². The summed E-state index contributed by atoms with van der Waals surface area (Å²) < 4.78 is 10.7. The van der Waals surface area contributed by atoms with Crippen molar-refractivity contribution in [3.05, 3.63) is 35.9 Å². The first kappa shape index (κ1) is 21.9. The third kappa shape index (κ3) is 8.79. The van der Waals surface area contributed by atoms with Crippen LogP contribution in [-0.4, -0.2) is 28.9 Å². The van der Waals surface area contributed by atoms with Crippen LogP contribution in [0.5, 0.6) is 0 Å². The van der Waals surface area contributed by atoms with Crippen LogP contribution < -0.4 is 0 Å². The summed E-state index contributed by atoms with van der Waals surface area (Å²) in [6.45, 7) is 10.7. The summed E-state index contributed by atoms with van der Waals surface area (Å²) in [5.74, 6) is -1.69. The summed E-state index contributed by atoms with van der Waals surface area (Å²) in [5, 5.41) is 0. The Morgan fingerprint density at radius 2 is 1.42 bits per heavy atom. The maximum atomic E-state index is 12.5. The van der Waals surface area contributed by atoms with Gasteiger partial charge in [0.1, 0.15) is 11.2 Å². The molecule has 26 heavy (non-hydrogen) atoms. The molecular formula is C21H30O5. The maximum Gasteiger partial charge on any atom is 0.309 e. The highest BCUT2D eigenvalue weighted by Crippen LogP contribution is 2.21. The smallest absolute Gasteiger partial charge is 0.309 e. The van der Waals surface area contributed by atoms with E-state index in [-0.39, 0.29) is 25.0 Å². The zero-order valence-corrected chi connectivity index (χ0v) is 16.6. The number of hydrogen-bond acceptors (Lipinski definition) is 5. The number of hydrogen-bond donors (Lipinski definition) is 0. The zero-order valence-electron chi connectivity index (χ0n) is 16.6. The minimum Gasteiger partial charge on any atom is -0.460 e. The SMILES string of the molecule is CC(C)(C)OC(=O)CCC(CC(=O)c1ccccc1)C(=O)OC(C)(C)C. The van der Waals surface area contributed by atoms with Crippen molar-refractivity contribution in [1.82, 2.24) is 0 Å². The van der Waals surface area contributed by atoms with E-state index in [1.165, 1.54) is 0 Å². The molecule has 0 spiro atoms. The van der Waals surface area contributed by atoms with Crippen LogP contribution in [-0.2, 0) is 19.1 Å². The molecule has 0 saturated heterocycles. The molecule has 1 atom stereocenters. The number of rotatable bonds is 7. The first-order valence-electron chi connectivity index (χ1n) is 8.90. The van der Waals surface area contributed by atoms with Crippen LogP contribution in [0.3, 0.4) is 0 Å². The third-order valence-corrected chi connectivity index (χ3v) is 3.38. The molecule has 1 aromatic rings. The van der Waals surface area contributed by atoms with Gasteiger partial charge in [-0.1, -0.05) is 30.3 Å². The molecule has 0 aromatic heterocycles. The number of carbonyl (C=O) groups is 3. The van der Waals surface area contributed by atoms with Crippen LogP contribution in [0.15, 0.2) is 30.3 Å². The summed E-state index contributed by atoms with van der Waals surface area (Å²) in [6.07, 6.45) is 0.271. The molecule has 1 unspecified atom stereocenters. The van der Waals surface area contributed by atoms with Gasteiger partial charge >= 0.3 is 11.9 Å². The zero-order chi connectivity index (χ0) is 20.0. The first-order valence-corrected chi connectivity index (χ1v) is 8.90. The topological polar surface area (TPSA) is 69.7 Å². The largest absolute Gasteiger partial charge is 0.460 e. The van der Waals surface area contributed by atoms with Gasteiger partial charge in [-0.3, -0.25) is 14.4 Å². The molecule has 0 radical (unpaired) electrons. The van der Waals surface area contributed by atoms with Gasteiger partial charge in [0.15, 0.2) is 5.78 Å². The van der Waals surface area contributed by atoms with Crippen molar-refractivity contribution in [3.8, 4) is 0 Å². The summed E-state index contributed by atoms with van der Waals surface area (Å²) >= 11 is 0. The van der Waals surface area contributed by atoms with Gasteiger partial charge in [0, 0.05) is 18.4 Å². The van der Waals surface area contributed by atoms with E-state index in [0.29, 0.717) is 5.56 Å². The van der Waals surface area contributed by atoms with Crippen molar-refractivity contribution in [2.45, 2.75) is 72.0 Å². The molecule has 0 N–H and O–H groups in total. The first-order chi connectivity index (χ1) is 11.9. The number of ether oxygens (including phenoxy) is 2. The number of Topliss-reactive ketones (excluding diaryl/α,β-unsaturated/α-hetero) is 1. The van der Waals surface area contributed by atoms with Crippen molar-refractivity contribution in [3.63, 3.8) is 0 Å². The molecule has 1 aromatic carbocycles. The Morgan fingerprint density at radius 3 is 1.92 bits per heavy atom. The van der Waals surface area contributed by atoms with Crippen molar-refractivity contribution < 1.29 is 23.9 Å². The quantitative estimate of drug-likeness (QED) is 0.533. The van der Waals surface area contributed by atoms with Gasteiger partial charge in [-0.15, -0.1) is 0 Å². The fraction of sp³-hybridized carbons (Fsp3) is 0.571. The fourth-order valence-electron chi connectivity index (χ4n) is 2.34. The van der Waals surface area contributed by atoms with E-state index in [9.17, 15) is 14.4 Å². The van der Waals surface area contributed by atoms with Crippen molar-refractivity contribution in [2.24, 2.45) is 5.92 Å². The lowest BCUT2D eigenvalue weighted by molar-refractivity contribution is -0.161. The second-order valence-corrected chi connectivity index (χ2v) is 8.35. The second-order valence-electron chi connectivity index (χ2n) is 8.35. The Kier molecular flexibility index (Phi) is 7.54. The molecule has 5 heteroatoms. The molecule has 0 saturated carbocycles. The van der Waals surface area contributed by atoms with Crippen LogP contribution >= 0.6 is 0 Å². The molecule has 0 fully saturated rings. The van der Waals surface area contributed by atoms with E-state index in [1.807, 2.05) is 6.07 Å². The summed E-state index contributed by atoms with van der Waals surface area (Å²) in [4.78, 5) is 36.9. The van der Waals surface area contributed by atoms with E-state index in [0.717, 1.165) is 0 Å². The minimum absolute atomic E-state index is 0.00171. The molecule has 144 valence electrons. The van der Waals surface area contributed by atoms with E-state index >= 15 is 0 Å². The van der Waals surface area contributed by atoms with Crippen LogP contribution in [0, 0.1) is 5.92 Å². The van der Waals surface area contributed by atoms with Gasteiger partial charge in [-0.25, -0.2) is 0 Å². The van der Waals surface area contributed by atoms with Gasteiger partial charge in [0.2, 0.25) is 0 Å². The van der Waals surface area contributed by atoms with Crippen LogP contribution in [0.2, 0.25) is 0 Å². The lowest BCUT2D eigenvalue weighted by Crippen LogP contribution is -2.31. The average Bonchev–Trinajstić information content (AvgIpc) is 2.48. The fourth-order valence-corrected chi connectivity index (χ4v) is 2.34. The van der Waals surface area contributed by atoms with Gasteiger partial charge < -0.3 is 9.47 Å². The molecule has 5 nitrogen and oxygen atoms in total. The summed E-state index contributed by atoms with van der Waals surface area (Å²) in [6, 6.07) is 8.79. The van der Waals surface area contributed by atoms with Gasteiger partial charge in [-0.05, 0) is 48.0 Å². The van der Waals surface area contributed by atoms with E-state index < -0.39 is 29.1 Å². The maximum absolute atomic E-state index is 12.5. The van der Waals surface area contributed by atoms with Crippen LogP contribution in [0.4, 0.5) is 0 Å². The van der Waals surface area contributed by atoms with E-state index in [2.05, 4.69) is 0 Å². The van der Waals surface area contributed by atoms with Crippen LogP contribution in [0.25, 0.3) is 0 Å². The molecular weight excluding hydrogens is 332 g/mol. The molecule has 0 aliphatic heterocycles. The highest BCUT2D eigenvalue weighted by Gasteiger charge is 2.29. The standard InChI is InChI=1S/C21H30O5/c1-20(2,3)25-18(23)13-12-16(19(24)26-21(4,5)6)14-17(22)15-10-8-7-9-11-15/h7-11,16H,12-14H2,1-6H3. The lowest BCUT2D eigenvalue weighted by Gasteiger charge is -2.24. The van der Waals surface area contributed by atoms with Gasteiger partial charge in [0.25, 0.3) is 0 Å². The van der Waals surface area contributed by atoms with Gasteiger partial charge in [0.05, 0.1) is 5.92 Å². The number of esters is 2. The third-order valence-electron chi connectivity index (χ3n) is 3.38. The Morgan fingerprint density at radius 1 is 0.885 bits per heavy atom. The highest BCUT2D eigenvalue weighted by atomic mass is 16.6. The Balaban J connectivity index is 2.80. The predicted molar refractivity (Wildman–Crippen MR) is 99.8 cm³/mol. The Bertz CT molecular complexity index is 620. The second kappa shape index (κ2) is 8.97. The number of carbonyl (C=O) groups excluding carboxylic acids is 3. The number of ketones is 1. The minimum atomic E-state index is -0.686. The Labute approximate surface area is 156 Å². The summed E-state index contributed by atoms with van der Waals surface area (Å²) in [7, 11) is 0. The molecule has 1 rings (SSSR count). The average molecular weight is 362 g/mol. The molecule has 0 aliphatic rings. The molecule has 0 aliphatic carbocycles. The predicted octanol–water partition coefficient (Wildman–Crippen LogP) is 4.34. The Hall–Kier alpha value is -2.17. The molecule has 0 amide bonds. The van der Waals surface area contributed by atoms with Gasteiger partial charge in [-0.2, -0.15) is 0 Å². The van der Waals surface area contributed by atoms with E-state index in [4.69, 9.17) is 9.47 Å².